The summed E-state index contributed by atoms with van der Waals surface area (Å²) < 4.78 is 0. The lowest BCUT2D eigenvalue weighted by atomic mass is 9.89. The molecule has 0 N–H and O–H groups in total. The zero-order valence-electron chi connectivity index (χ0n) is 16.5. The van der Waals surface area contributed by atoms with E-state index in [4.69, 9.17) is 0 Å². The molecular weight excluding hydrogens is 364 g/mol. The molecule has 5 heteroatoms. The van der Waals surface area contributed by atoms with Crippen LogP contribution in [0.1, 0.15) is 51.2 Å². The molecule has 148 valence electrons. The monoisotopic (exact) mass is 388 g/mol. The number of hydrogen-bond donors (Lipinski definition) is 0. The number of carbonyl (C=O) groups excluding carboxylic acids is 3. The molecule has 5 rings (SSSR count). The maximum absolute atomic E-state index is 13.3. The number of nitrogens with zero attached hydrogens (tertiary/aromatic N) is 2. The Bertz CT molecular complexity index is 1000. The molecule has 0 radical (unpaired) electrons. The number of ketones is 1. The van der Waals surface area contributed by atoms with E-state index in [2.05, 4.69) is 12.1 Å². The van der Waals surface area contributed by atoms with E-state index in [1.165, 1.54) is 0 Å². The van der Waals surface area contributed by atoms with Gasteiger partial charge < -0.3 is 9.80 Å². The van der Waals surface area contributed by atoms with Crippen molar-refractivity contribution in [3.05, 3.63) is 70.8 Å². The fraction of sp³-hybridized carbons (Fsp3) is 0.375. The van der Waals surface area contributed by atoms with Crippen molar-refractivity contribution in [2.24, 2.45) is 11.8 Å². The Kier molecular flexibility index (Phi) is 4.26. The molecule has 2 amide bonds. The van der Waals surface area contributed by atoms with E-state index in [9.17, 15) is 14.4 Å². The third-order valence-electron chi connectivity index (χ3n) is 6.81. The number of Topliss-reactive ketones (excluding diaryl/α,β-unsaturated/α-hetero) is 1. The Morgan fingerprint density at radius 1 is 0.931 bits per heavy atom. The summed E-state index contributed by atoms with van der Waals surface area (Å²) in [4.78, 5) is 41.6. The van der Waals surface area contributed by atoms with Gasteiger partial charge >= 0.3 is 0 Å². The molecule has 3 atom stereocenters. The minimum atomic E-state index is 0.0135. The Hall–Kier alpha value is -2.95. The summed E-state index contributed by atoms with van der Waals surface area (Å²) in [5.41, 5.74) is 3.42. The summed E-state index contributed by atoms with van der Waals surface area (Å²) in [6.45, 7) is 3.62. The van der Waals surface area contributed by atoms with Crippen LogP contribution in [-0.4, -0.2) is 47.0 Å². The van der Waals surface area contributed by atoms with E-state index in [1.807, 2.05) is 46.2 Å². The first kappa shape index (κ1) is 18.1. The van der Waals surface area contributed by atoms with Crippen LogP contribution in [0, 0.1) is 11.8 Å². The third kappa shape index (κ3) is 2.87. The lowest BCUT2D eigenvalue weighted by molar-refractivity contribution is -0.130. The molecule has 0 unspecified atom stereocenters. The smallest absolute Gasteiger partial charge is 0.254 e. The molecule has 1 aliphatic carbocycles. The van der Waals surface area contributed by atoms with Crippen molar-refractivity contribution in [3.8, 4) is 0 Å². The highest BCUT2D eigenvalue weighted by molar-refractivity contribution is 6.05. The number of benzene rings is 2. The van der Waals surface area contributed by atoms with Crippen LogP contribution in [0.4, 0.5) is 0 Å². The van der Waals surface area contributed by atoms with Gasteiger partial charge in [-0.2, -0.15) is 0 Å². The van der Waals surface area contributed by atoms with Gasteiger partial charge in [0.15, 0.2) is 5.78 Å². The van der Waals surface area contributed by atoms with Crippen LogP contribution in [0.3, 0.4) is 0 Å². The van der Waals surface area contributed by atoms with E-state index in [0.29, 0.717) is 43.6 Å². The van der Waals surface area contributed by atoms with Crippen molar-refractivity contribution in [1.82, 2.24) is 9.80 Å². The first-order valence-corrected chi connectivity index (χ1v) is 10.3. The van der Waals surface area contributed by atoms with Crippen molar-refractivity contribution in [2.45, 2.75) is 25.8 Å². The van der Waals surface area contributed by atoms with Crippen LogP contribution in [0.2, 0.25) is 0 Å². The van der Waals surface area contributed by atoms with Gasteiger partial charge in [-0.25, -0.2) is 0 Å². The van der Waals surface area contributed by atoms with E-state index < -0.39 is 0 Å². The van der Waals surface area contributed by atoms with Gasteiger partial charge in [0.25, 0.3) is 5.91 Å². The zero-order valence-corrected chi connectivity index (χ0v) is 16.5. The molecule has 2 saturated heterocycles. The minimum Gasteiger partial charge on any atom is -0.338 e. The summed E-state index contributed by atoms with van der Waals surface area (Å²) in [5.74, 6) is 0.766. The van der Waals surface area contributed by atoms with E-state index in [0.717, 1.165) is 11.1 Å². The van der Waals surface area contributed by atoms with Gasteiger partial charge in [-0.05, 0) is 23.6 Å². The quantitative estimate of drug-likeness (QED) is 0.794. The Labute approximate surface area is 170 Å². The Morgan fingerprint density at radius 3 is 2.48 bits per heavy atom. The first-order valence-electron chi connectivity index (χ1n) is 10.3. The van der Waals surface area contributed by atoms with Crippen LogP contribution >= 0.6 is 0 Å². The maximum atomic E-state index is 13.3. The second-order valence-electron chi connectivity index (χ2n) is 8.42. The van der Waals surface area contributed by atoms with E-state index in [1.54, 1.807) is 6.92 Å². The highest BCUT2D eigenvalue weighted by atomic mass is 16.2. The normalized spacial score (nSPS) is 25.3. The average Bonchev–Trinajstić information content (AvgIpc) is 3.40. The molecule has 2 aliphatic heterocycles. The van der Waals surface area contributed by atoms with E-state index in [-0.39, 0.29) is 35.5 Å². The van der Waals surface area contributed by atoms with Gasteiger partial charge in [0.05, 0.1) is 6.04 Å². The van der Waals surface area contributed by atoms with E-state index >= 15 is 0 Å². The second-order valence-corrected chi connectivity index (χ2v) is 8.42. The number of rotatable bonds is 2. The SMILES string of the molecule is CC(=O)N1C[C@H]2CN(C(=O)c3cccc4c3CCC4=O)C[C@H]2[C@@H]1c1ccccc1. The lowest BCUT2D eigenvalue weighted by Gasteiger charge is -2.29. The van der Waals surface area contributed by atoms with Gasteiger partial charge in [-0.15, -0.1) is 0 Å². The number of fused-ring (bicyclic) bond motifs is 2. The summed E-state index contributed by atoms with van der Waals surface area (Å²) in [5, 5.41) is 0. The molecule has 0 spiro atoms. The van der Waals surface area contributed by atoms with Crippen molar-refractivity contribution >= 4 is 17.6 Å². The summed E-state index contributed by atoms with van der Waals surface area (Å²) in [6, 6.07) is 15.6. The molecule has 29 heavy (non-hydrogen) atoms. The van der Waals surface area contributed by atoms with Crippen LogP contribution in [0.5, 0.6) is 0 Å². The van der Waals surface area contributed by atoms with Gasteiger partial charge in [0.2, 0.25) is 5.91 Å². The second kappa shape index (κ2) is 6.83. The Balaban J connectivity index is 1.42. The molecular formula is C24H24N2O3. The molecule has 2 aromatic rings. The number of hydrogen-bond acceptors (Lipinski definition) is 3. The third-order valence-corrected chi connectivity index (χ3v) is 6.81. The molecule has 0 aromatic heterocycles. The molecule has 2 fully saturated rings. The standard InChI is InChI=1S/C24H24N2O3/c1-15(27)26-13-17-12-25(14-21(17)23(26)16-6-3-2-4-7-16)24(29)20-9-5-8-19-18(20)10-11-22(19)28/h2-9,17,21,23H,10-14H2,1H3/t17-,21-,23+/m1/s1. The molecule has 2 aromatic carbocycles. The summed E-state index contributed by atoms with van der Waals surface area (Å²) in [7, 11) is 0. The van der Waals surface area contributed by atoms with Crippen LogP contribution in [0.25, 0.3) is 0 Å². The fourth-order valence-corrected chi connectivity index (χ4v) is 5.47. The zero-order chi connectivity index (χ0) is 20.1. The van der Waals surface area contributed by atoms with Crippen LogP contribution in [-0.2, 0) is 11.2 Å². The van der Waals surface area contributed by atoms with Crippen molar-refractivity contribution in [3.63, 3.8) is 0 Å². The lowest BCUT2D eigenvalue weighted by Crippen LogP contribution is -2.36. The fourth-order valence-electron chi connectivity index (χ4n) is 5.47. The average molecular weight is 388 g/mol. The molecule has 5 nitrogen and oxygen atoms in total. The highest BCUT2D eigenvalue weighted by Crippen LogP contribution is 2.45. The van der Waals surface area contributed by atoms with Crippen LogP contribution < -0.4 is 0 Å². The van der Waals surface area contributed by atoms with Crippen molar-refractivity contribution in [2.75, 3.05) is 19.6 Å². The Morgan fingerprint density at radius 2 is 1.72 bits per heavy atom. The van der Waals surface area contributed by atoms with Crippen molar-refractivity contribution < 1.29 is 14.4 Å². The summed E-state index contributed by atoms with van der Waals surface area (Å²) >= 11 is 0. The molecule has 0 bridgehead atoms. The number of amides is 2. The predicted molar refractivity (Wildman–Crippen MR) is 109 cm³/mol. The maximum Gasteiger partial charge on any atom is 0.254 e. The summed E-state index contributed by atoms with van der Waals surface area (Å²) in [6.07, 6.45) is 1.15. The topological polar surface area (TPSA) is 57.7 Å². The van der Waals surface area contributed by atoms with Gasteiger partial charge in [-0.1, -0.05) is 42.5 Å². The predicted octanol–water partition coefficient (Wildman–Crippen LogP) is 3.11. The minimum absolute atomic E-state index is 0.0135. The molecule has 2 heterocycles. The first-order chi connectivity index (χ1) is 14.0. The highest BCUT2D eigenvalue weighted by Gasteiger charge is 2.49. The molecule has 0 saturated carbocycles. The van der Waals surface area contributed by atoms with Gasteiger partial charge in [0, 0.05) is 55.9 Å². The van der Waals surface area contributed by atoms with Gasteiger partial charge in [0.1, 0.15) is 0 Å². The van der Waals surface area contributed by atoms with Gasteiger partial charge in [-0.3, -0.25) is 14.4 Å². The largest absolute Gasteiger partial charge is 0.338 e. The van der Waals surface area contributed by atoms with Crippen LogP contribution in [0.15, 0.2) is 48.5 Å². The number of carbonyl (C=O) groups is 3. The number of likely N-dealkylation sites (tertiary alicyclic amines) is 2. The molecule has 3 aliphatic rings. The van der Waals surface area contributed by atoms with Crippen molar-refractivity contribution in [1.29, 1.82) is 0 Å².